The van der Waals surface area contributed by atoms with Gasteiger partial charge in [-0.15, -0.1) is 0 Å². The zero-order chi connectivity index (χ0) is 26.4. The second-order valence-electron chi connectivity index (χ2n) is 7.84. The number of carbonyl (C=O) groups is 4. The van der Waals surface area contributed by atoms with Gasteiger partial charge in [0.15, 0.2) is 11.2 Å². The highest BCUT2D eigenvalue weighted by molar-refractivity contribution is 7.99. The molecular weight excluding hydrogens is 524 g/mol. The normalized spacial score (nSPS) is 12.9. The number of rotatable bonds is 12. The lowest BCUT2D eigenvalue weighted by Crippen LogP contribution is -2.26. The summed E-state index contributed by atoms with van der Waals surface area (Å²) in [5.74, 6) is -7.10. The van der Waals surface area contributed by atoms with Crippen LogP contribution in [0.2, 0.25) is 0 Å². The molecule has 0 bridgehead atoms. The molecule has 2 unspecified atom stereocenters. The maximum absolute atomic E-state index is 12.2. The van der Waals surface area contributed by atoms with E-state index < -0.39 is 48.6 Å². The van der Waals surface area contributed by atoms with Crippen molar-refractivity contribution < 1.29 is 43.0 Å². The lowest BCUT2D eigenvalue weighted by molar-refractivity contribution is -0.164. The van der Waals surface area contributed by atoms with Crippen LogP contribution >= 0.6 is 23.5 Å². The van der Waals surface area contributed by atoms with E-state index in [4.69, 9.17) is 13.6 Å². The molecule has 4 aromatic rings. The fourth-order valence-corrected chi connectivity index (χ4v) is 5.05. The molecule has 192 valence electrons. The first-order chi connectivity index (χ1) is 17.8. The summed E-state index contributed by atoms with van der Waals surface area (Å²) in [4.78, 5) is 56.1. The van der Waals surface area contributed by atoms with Crippen molar-refractivity contribution in [3.63, 3.8) is 0 Å². The van der Waals surface area contributed by atoms with Crippen molar-refractivity contribution in [2.24, 2.45) is 11.8 Å². The topological polar surface area (TPSA) is 170 Å². The summed E-state index contributed by atoms with van der Waals surface area (Å²) in [6.45, 7) is 0. The minimum Gasteiger partial charge on any atom is -0.481 e. The number of ether oxygens (including phenoxy) is 1. The first kappa shape index (κ1) is 26.2. The van der Waals surface area contributed by atoms with E-state index in [9.17, 15) is 29.4 Å². The van der Waals surface area contributed by atoms with Gasteiger partial charge in [0.1, 0.15) is 11.0 Å². The van der Waals surface area contributed by atoms with Gasteiger partial charge in [-0.05, 0) is 24.3 Å². The summed E-state index contributed by atoms with van der Waals surface area (Å²) in [5.41, 5.74) is 2.32. The Morgan fingerprint density at radius 1 is 0.730 bits per heavy atom. The Morgan fingerprint density at radius 2 is 1.14 bits per heavy atom. The van der Waals surface area contributed by atoms with E-state index in [2.05, 4.69) is 9.97 Å². The predicted molar refractivity (Wildman–Crippen MR) is 132 cm³/mol. The molecule has 0 saturated carbocycles. The molecule has 2 N–H and O–H groups in total. The fraction of sp³-hybridized carbons (Fsp3) is 0.250. The van der Waals surface area contributed by atoms with Gasteiger partial charge in [0.25, 0.3) is 10.4 Å². The average Bonchev–Trinajstić information content (AvgIpc) is 3.47. The number of oxazole rings is 2. The number of aromatic nitrogens is 2. The molecule has 0 amide bonds. The molecular formula is C24H20N2O9S2. The molecule has 4 rings (SSSR count). The highest BCUT2D eigenvalue weighted by Gasteiger charge is 2.28. The maximum atomic E-state index is 12.2. The SMILES string of the molecule is O=C(CC(CSc1nc2ccccc2o1)C(=O)O)OC(=O)CC(CSc1nc2ccccc2o1)C(=O)O. The van der Waals surface area contributed by atoms with Crippen LogP contribution in [0.3, 0.4) is 0 Å². The molecule has 2 aromatic heterocycles. The second-order valence-corrected chi connectivity index (χ2v) is 9.78. The Morgan fingerprint density at radius 3 is 1.51 bits per heavy atom. The largest absolute Gasteiger partial charge is 0.481 e. The van der Waals surface area contributed by atoms with E-state index in [1.54, 1.807) is 48.5 Å². The van der Waals surface area contributed by atoms with Crippen molar-refractivity contribution in [1.82, 2.24) is 9.97 Å². The molecule has 11 nitrogen and oxygen atoms in total. The molecule has 2 heterocycles. The molecule has 0 spiro atoms. The van der Waals surface area contributed by atoms with Gasteiger partial charge < -0.3 is 23.8 Å². The first-order valence-corrected chi connectivity index (χ1v) is 12.9. The molecule has 0 saturated heterocycles. The van der Waals surface area contributed by atoms with E-state index in [-0.39, 0.29) is 22.0 Å². The fourth-order valence-electron chi connectivity index (χ4n) is 3.22. The number of hydrogen-bond donors (Lipinski definition) is 2. The average molecular weight is 545 g/mol. The van der Waals surface area contributed by atoms with E-state index in [0.29, 0.717) is 22.2 Å². The Balaban J connectivity index is 1.27. The minimum atomic E-state index is -1.26. The lowest BCUT2D eigenvalue weighted by atomic mass is 10.1. The van der Waals surface area contributed by atoms with Gasteiger partial charge in [-0.1, -0.05) is 47.8 Å². The van der Waals surface area contributed by atoms with Crippen LogP contribution in [0, 0.1) is 11.8 Å². The molecule has 0 aliphatic carbocycles. The number of carboxylic acid groups (broad SMARTS) is 2. The third kappa shape index (κ3) is 7.11. The van der Waals surface area contributed by atoms with Crippen LogP contribution in [0.15, 0.2) is 67.8 Å². The number of hydrogen-bond acceptors (Lipinski definition) is 11. The van der Waals surface area contributed by atoms with Crippen molar-refractivity contribution in [1.29, 1.82) is 0 Å². The Hall–Kier alpha value is -3.84. The maximum Gasteiger partial charge on any atom is 0.314 e. The summed E-state index contributed by atoms with van der Waals surface area (Å²) in [5, 5.41) is 19.4. The number of carboxylic acids is 2. The van der Waals surface area contributed by atoms with Crippen molar-refractivity contribution in [3.8, 4) is 0 Å². The molecule has 0 radical (unpaired) electrons. The van der Waals surface area contributed by atoms with Crippen LogP contribution < -0.4 is 0 Å². The van der Waals surface area contributed by atoms with Gasteiger partial charge in [0.2, 0.25) is 0 Å². The standard InChI is InChI=1S/C24H20N2O9S2/c27-19(9-13(21(29)30)11-36-23-25-15-5-1-3-7-17(15)33-23)35-20(28)10-14(22(31)32)12-37-24-26-16-6-2-4-8-18(16)34-24/h1-8,13-14H,9-12H2,(H,29,30)(H,31,32). The highest BCUT2D eigenvalue weighted by Crippen LogP contribution is 2.27. The van der Waals surface area contributed by atoms with Gasteiger partial charge in [-0.25, -0.2) is 9.97 Å². The van der Waals surface area contributed by atoms with Gasteiger partial charge in [0.05, 0.1) is 24.7 Å². The van der Waals surface area contributed by atoms with Crippen molar-refractivity contribution in [2.75, 3.05) is 11.5 Å². The smallest absolute Gasteiger partial charge is 0.314 e. The first-order valence-electron chi connectivity index (χ1n) is 10.9. The molecule has 0 aliphatic heterocycles. The van der Waals surface area contributed by atoms with Crippen molar-refractivity contribution >= 4 is 69.6 Å². The van der Waals surface area contributed by atoms with Crippen LogP contribution in [0.4, 0.5) is 0 Å². The Bertz CT molecular complexity index is 1270. The van der Waals surface area contributed by atoms with Gasteiger partial charge in [-0.2, -0.15) is 0 Å². The zero-order valence-electron chi connectivity index (χ0n) is 19.1. The van der Waals surface area contributed by atoms with E-state index in [0.717, 1.165) is 23.5 Å². The van der Waals surface area contributed by atoms with Crippen molar-refractivity contribution in [2.45, 2.75) is 23.3 Å². The van der Waals surface area contributed by atoms with Crippen LogP contribution in [0.5, 0.6) is 0 Å². The summed E-state index contributed by atoms with van der Waals surface area (Å²) in [6.07, 6.45) is -1.16. The van der Waals surface area contributed by atoms with Crippen LogP contribution in [-0.4, -0.2) is 55.6 Å². The van der Waals surface area contributed by atoms with E-state index in [1.807, 2.05) is 0 Å². The number of nitrogens with zero attached hydrogens (tertiary/aromatic N) is 2. The van der Waals surface area contributed by atoms with Crippen molar-refractivity contribution in [3.05, 3.63) is 48.5 Å². The lowest BCUT2D eigenvalue weighted by Gasteiger charge is -2.12. The number of benzene rings is 2. The second kappa shape index (κ2) is 11.9. The summed E-state index contributed by atoms with van der Waals surface area (Å²) in [7, 11) is 0. The molecule has 0 aliphatic rings. The summed E-state index contributed by atoms with van der Waals surface area (Å²) < 4.78 is 15.8. The van der Waals surface area contributed by atoms with Gasteiger partial charge in [0, 0.05) is 11.5 Å². The highest BCUT2D eigenvalue weighted by atomic mass is 32.2. The molecule has 2 aromatic carbocycles. The molecule has 37 heavy (non-hydrogen) atoms. The van der Waals surface area contributed by atoms with Gasteiger partial charge >= 0.3 is 23.9 Å². The van der Waals surface area contributed by atoms with E-state index >= 15 is 0 Å². The molecule has 13 heteroatoms. The number of fused-ring (bicyclic) bond motifs is 2. The zero-order valence-corrected chi connectivity index (χ0v) is 20.7. The minimum absolute atomic E-state index is 0.0513. The Labute approximate surface area is 217 Å². The third-order valence-electron chi connectivity index (χ3n) is 5.12. The van der Waals surface area contributed by atoms with E-state index in [1.165, 1.54) is 0 Å². The predicted octanol–water partition coefficient (Wildman–Crippen LogP) is 4.11. The number of esters is 2. The van der Waals surface area contributed by atoms with Crippen LogP contribution in [0.25, 0.3) is 22.2 Å². The number of carbonyl (C=O) groups excluding carboxylic acids is 2. The quantitative estimate of drug-likeness (QED) is 0.148. The summed E-state index contributed by atoms with van der Waals surface area (Å²) in [6, 6.07) is 14.1. The number of para-hydroxylation sites is 4. The van der Waals surface area contributed by atoms with Gasteiger partial charge in [-0.3, -0.25) is 19.2 Å². The third-order valence-corrected chi connectivity index (χ3v) is 7.10. The summed E-state index contributed by atoms with van der Waals surface area (Å²) >= 11 is 2.03. The number of aliphatic carboxylic acids is 2. The van der Waals surface area contributed by atoms with Crippen LogP contribution in [-0.2, 0) is 23.9 Å². The number of thioether (sulfide) groups is 2. The van der Waals surface area contributed by atoms with Crippen LogP contribution in [0.1, 0.15) is 12.8 Å². The Kier molecular flexibility index (Phi) is 8.46. The molecule has 0 fully saturated rings. The molecule has 2 atom stereocenters. The monoisotopic (exact) mass is 544 g/mol.